The predicted octanol–water partition coefficient (Wildman–Crippen LogP) is 3.46. The Labute approximate surface area is 149 Å². The van der Waals surface area contributed by atoms with Crippen LogP contribution >= 0.6 is 20.7 Å². The number of ether oxygens (including phenoxy) is 1. The largest absolute Gasteiger partial charge is 0.434 e. The van der Waals surface area contributed by atoms with Gasteiger partial charge >= 0.3 is 18.4 Å². The lowest BCUT2D eigenvalue weighted by molar-refractivity contribution is -0.308. The van der Waals surface area contributed by atoms with Gasteiger partial charge in [-0.2, -0.15) is 26.3 Å². The molecule has 2 heterocycles. The van der Waals surface area contributed by atoms with Crippen LogP contribution in [0.25, 0.3) is 0 Å². The van der Waals surface area contributed by atoms with Gasteiger partial charge in [0.1, 0.15) is 0 Å². The Bertz CT molecular complexity index is 563. The molecular weight excluding hydrogens is 469 g/mol. The number of piperazine rings is 1. The third-order valence-corrected chi connectivity index (χ3v) is 5.10. The monoisotopic (exact) mass is 484 g/mol. The highest BCUT2D eigenvalue weighted by Crippen LogP contribution is 2.36. The SMILES string of the molecule is O=C(OC(C(F)(F)F)C(F)(F)F)N1CCN(CC2=CC=IC=C2)CC1. The van der Waals surface area contributed by atoms with Crippen LogP contribution in [0.2, 0.25) is 0 Å². The molecule has 0 bridgehead atoms. The molecule has 2 aliphatic rings. The van der Waals surface area contributed by atoms with Crippen molar-refractivity contribution in [2.45, 2.75) is 18.5 Å². The fourth-order valence-electron chi connectivity index (χ4n) is 2.28. The van der Waals surface area contributed by atoms with E-state index in [1.807, 2.05) is 17.1 Å². The van der Waals surface area contributed by atoms with Gasteiger partial charge < -0.3 is 9.64 Å². The molecule has 4 nitrogen and oxygen atoms in total. The molecule has 11 heteroatoms. The molecule has 2 aliphatic heterocycles. The van der Waals surface area contributed by atoms with Gasteiger partial charge in [0.15, 0.2) is 0 Å². The molecular formula is C14H15F6IN2O2. The minimum Gasteiger partial charge on any atom is -0.426 e. The molecule has 25 heavy (non-hydrogen) atoms. The Hall–Kier alpha value is -1.11. The quantitative estimate of drug-likeness (QED) is 0.455. The molecule has 0 aromatic rings. The topological polar surface area (TPSA) is 32.8 Å². The lowest BCUT2D eigenvalue weighted by Gasteiger charge is -2.35. The van der Waals surface area contributed by atoms with Gasteiger partial charge in [0.25, 0.3) is 6.10 Å². The third-order valence-electron chi connectivity index (χ3n) is 3.55. The van der Waals surface area contributed by atoms with Crippen molar-refractivity contribution < 1.29 is 35.9 Å². The molecule has 0 N–H and O–H groups in total. The van der Waals surface area contributed by atoms with Crippen LogP contribution in [-0.2, 0) is 4.74 Å². The summed E-state index contributed by atoms with van der Waals surface area (Å²) in [5.41, 5.74) is 1.08. The van der Waals surface area contributed by atoms with E-state index in [0.29, 0.717) is 19.6 Å². The van der Waals surface area contributed by atoms with Crippen molar-refractivity contribution in [2.24, 2.45) is 0 Å². The minimum absolute atomic E-state index is 0.00884. The summed E-state index contributed by atoms with van der Waals surface area (Å²) < 4.78 is 82.5. The lowest BCUT2D eigenvalue weighted by Crippen LogP contribution is -2.52. The Morgan fingerprint density at radius 3 is 2.20 bits per heavy atom. The molecule has 1 amide bonds. The first-order valence-corrected chi connectivity index (χ1v) is 9.69. The number of halogens is 7. The normalized spacial score (nSPS) is 19.6. The van der Waals surface area contributed by atoms with Crippen molar-refractivity contribution in [3.63, 3.8) is 0 Å². The van der Waals surface area contributed by atoms with Crippen LogP contribution in [0.15, 0.2) is 21.8 Å². The van der Waals surface area contributed by atoms with Crippen molar-refractivity contribution in [3.05, 3.63) is 21.8 Å². The Kier molecular flexibility index (Phi) is 6.51. The van der Waals surface area contributed by atoms with E-state index in [-0.39, 0.29) is 33.8 Å². The Morgan fingerprint density at radius 2 is 1.72 bits per heavy atom. The molecule has 0 unspecified atom stereocenters. The lowest BCUT2D eigenvalue weighted by atomic mass is 10.2. The zero-order valence-electron chi connectivity index (χ0n) is 12.8. The number of nitrogens with zero attached hydrogens (tertiary/aromatic N) is 2. The number of rotatable bonds is 3. The Balaban J connectivity index is 1.87. The van der Waals surface area contributed by atoms with E-state index in [1.165, 1.54) is 0 Å². The summed E-state index contributed by atoms with van der Waals surface area (Å²) in [7, 11) is 0. The van der Waals surface area contributed by atoms with E-state index >= 15 is 0 Å². The van der Waals surface area contributed by atoms with Crippen molar-refractivity contribution >= 4 is 30.8 Å². The van der Waals surface area contributed by atoms with E-state index in [0.717, 1.165) is 10.5 Å². The van der Waals surface area contributed by atoms with Gasteiger partial charge in [0.2, 0.25) is 0 Å². The predicted molar refractivity (Wildman–Crippen MR) is 87.7 cm³/mol. The zero-order chi connectivity index (χ0) is 18.7. The number of amides is 1. The molecule has 0 radical (unpaired) electrons. The zero-order valence-corrected chi connectivity index (χ0v) is 14.9. The van der Waals surface area contributed by atoms with Crippen molar-refractivity contribution in [2.75, 3.05) is 32.7 Å². The van der Waals surface area contributed by atoms with Crippen LogP contribution in [-0.4, -0.2) is 71.1 Å². The fourth-order valence-corrected chi connectivity index (χ4v) is 3.86. The van der Waals surface area contributed by atoms with Crippen molar-refractivity contribution in [3.8, 4) is 0 Å². The highest BCUT2D eigenvalue weighted by atomic mass is 127. The van der Waals surface area contributed by atoms with Crippen molar-refractivity contribution in [1.29, 1.82) is 0 Å². The maximum atomic E-state index is 12.4. The first-order valence-electron chi connectivity index (χ1n) is 7.19. The highest BCUT2D eigenvalue weighted by molar-refractivity contribution is 14.2. The minimum atomic E-state index is -5.70. The van der Waals surface area contributed by atoms with E-state index in [9.17, 15) is 31.1 Å². The summed E-state index contributed by atoms with van der Waals surface area (Å²) in [5, 5.41) is 0. The fraction of sp³-hybridized carbons (Fsp3) is 0.571. The van der Waals surface area contributed by atoms with Crippen LogP contribution < -0.4 is 0 Å². The maximum absolute atomic E-state index is 12.4. The van der Waals surface area contributed by atoms with Gasteiger partial charge in [-0.25, -0.2) is 4.79 Å². The second-order valence-corrected chi connectivity index (χ2v) is 7.55. The standard InChI is InChI=1S/C14H15F6IN2O2/c15-13(16,17)11(14(18,19)20)25-12(24)23-7-5-22(6-8-23)9-10-1-3-21-4-2-10/h1-4,11H,5-9H2. The molecule has 0 saturated carbocycles. The summed E-state index contributed by atoms with van der Waals surface area (Å²) in [5.74, 6) is 0. The van der Waals surface area contributed by atoms with E-state index in [4.69, 9.17) is 0 Å². The molecule has 0 aromatic carbocycles. The van der Waals surface area contributed by atoms with Crippen LogP contribution in [0.3, 0.4) is 0 Å². The maximum Gasteiger partial charge on any atom is 0.434 e. The number of alkyl halides is 6. The number of allylic oxidation sites excluding steroid dienone is 1. The van der Waals surface area contributed by atoms with E-state index in [1.54, 1.807) is 0 Å². The smallest absolute Gasteiger partial charge is 0.426 e. The highest BCUT2D eigenvalue weighted by Gasteiger charge is 2.60. The summed E-state index contributed by atoms with van der Waals surface area (Å²) in [6.45, 7) is 1.33. The molecule has 1 saturated heterocycles. The van der Waals surface area contributed by atoms with Gasteiger partial charge in [0.05, 0.1) is 0 Å². The molecule has 0 aromatic heterocycles. The van der Waals surface area contributed by atoms with Crippen LogP contribution in [0.1, 0.15) is 0 Å². The first-order chi connectivity index (χ1) is 11.6. The molecule has 142 valence electrons. The number of hydrogen-bond donors (Lipinski definition) is 0. The van der Waals surface area contributed by atoms with Gasteiger partial charge in [-0.3, -0.25) is 4.90 Å². The summed E-state index contributed by atoms with van der Waals surface area (Å²) in [4.78, 5) is 14.5. The van der Waals surface area contributed by atoms with Crippen LogP contribution in [0.5, 0.6) is 0 Å². The molecule has 1 fully saturated rings. The molecule has 0 aliphatic carbocycles. The number of carbonyl (C=O) groups is 1. The Morgan fingerprint density at radius 1 is 1.12 bits per heavy atom. The second kappa shape index (κ2) is 8.06. The number of carbonyl (C=O) groups excluding carboxylic acids is 1. The van der Waals surface area contributed by atoms with Gasteiger partial charge in [0, 0.05) is 32.7 Å². The van der Waals surface area contributed by atoms with E-state index < -0.39 is 24.5 Å². The van der Waals surface area contributed by atoms with Gasteiger partial charge in [-0.1, -0.05) is 32.9 Å². The first kappa shape index (κ1) is 20.2. The summed E-state index contributed by atoms with van der Waals surface area (Å²) in [6, 6.07) is 0. The van der Waals surface area contributed by atoms with Crippen molar-refractivity contribution in [1.82, 2.24) is 9.80 Å². The average Bonchev–Trinajstić information content (AvgIpc) is 2.52. The van der Waals surface area contributed by atoms with Crippen LogP contribution in [0, 0.1) is 0 Å². The van der Waals surface area contributed by atoms with Gasteiger partial charge in [-0.15, -0.1) is 0 Å². The third kappa shape index (κ3) is 5.97. The second-order valence-electron chi connectivity index (χ2n) is 5.40. The number of hydrogen-bond acceptors (Lipinski definition) is 3. The van der Waals surface area contributed by atoms with Gasteiger partial charge in [-0.05, 0) is 13.7 Å². The van der Waals surface area contributed by atoms with E-state index in [2.05, 4.69) is 12.8 Å². The van der Waals surface area contributed by atoms with Crippen LogP contribution in [0.4, 0.5) is 31.1 Å². The average molecular weight is 484 g/mol. The molecule has 0 atom stereocenters. The summed E-state index contributed by atoms with van der Waals surface area (Å²) in [6.07, 6.45) is -13.1. The molecule has 0 spiro atoms. The molecule has 2 rings (SSSR count). The summed E-state index contributed by atoms with van der Waals surface area (Å²) >= 11 is -0.0357.